The molecule has 1 fully saturated rings. The Hall–Kier alpha value is -0.820. The predicted molar refractivity (Wildman–Crippen MR) is 74.4 cm³/mol. The molecule has 0 spiro atoms. The molecule has 1 atom stereocenters. The quantitative estimate of drug-likeness (QED) is 0.702. The summed E-state index contributed by atoms with van der Waals surface area (Å²) in [7, 11) is 2.27. The lowest BCUT2D eigenvalue weighted by molar-refractivity contribution is 0.185. The number of likely N-dealkylation sites (tertiary alicyclic amines) is 1. The normalized spacial score (nSPS) is 22.7. The minimum Gasteiger partial charge on any atom is -0.299 e. The topological polar surface area (TPSA) is 3.24 Å². The van der Waals surface area contributed by atoms with Crippen LogP contribution in [0.3, 0.4) is 0 Å². The van der Waals surface area contributed by atoms with Crippen molar-refractivity contribution in [3.05, 3.63) is 35.4 Å². The van der Waals surface area contributed by atoms with Gasteiger partial charge >= 0.3 is 0 Å². The number of hydrogen-bond acceptors (Lipinski definition) is 1. The maximum Gasteiger partial charge on any atom is 0.0348 e. The van der Waals surface area contributed by atoms with Gasteiger partial charge in [-0.1, -0.05) is 51.5 Å². The highest BCUT2D eigenvalue weighted by Crippen LogP contribution is 2.36. The predicted octanol–water partition coefficient (Wildman–Crippen LogP) is 4.14. The summed E-state index contributed by atoms with van der Waals surface area (Å²) in [5.41, 5.74) is 3.30. The van der Waals surface area contributed by atoms with Gasteiger partial charge in [0.15, 0.2) is 0 Å². The first kappa shape index (κ1) is 12.6. The van der Waals surface area contributed by atoms with Crippen molar-refractivity contribution in [1.29, 1.82) is 0 Å². The summed E-state index contributed by atoms with van der Waals surface area (Å²) in [4.78, 5) is 2.52. The molecule has 0 aromatic heterocycles. The van der Waals surface area contributed by atoms with Crippen LogP contribution >= 0.6 is 0 Å². The second kappa shape index (κ2) is 4.81. The lowest BCUT2D eigenvalue weighted by atomic mass is 9.80. The van der Waals surface area contributed by atoms with Crippen LogP contribution in [0.2, 0.25) is 0 Å². The third-order valence-electron chi connectivity index (χ3n) is 3.90. The molecule has 1 saturated heterocycles. The maximum absolute atomic E-state index is 2.52. The standard InChI is InChI=1S/C16H25N/c1-16(2,3)14-10-6-5-9-13(14)15-11-7-8-12-17(15)4/h5-6,9-10,15H,7-8,11-12H2,1-4H3. The number of hydrogen-bond donors (Lipinski definition) is 0. The van der Waals surface area contributed by atoms with E-state index < -0.39 is 0 Å². The van der Waals surface area contributed by atoms with Crippen LogP contribution in [0.5, 0.6) is 0 Å². The van der Waals surface area contributed by atoms with Gasteiger partial charge in [0.2, 0.25) is 0 Å². The number of piperidine rings is 1. The molecular weight excluding hydrogens is 206 g/mol. The first-order chi connectivity index (χ1) is 8.00. The molecule has 0 radical (unpaired) electrons. The zero-order valence-electron chi connectivity index (χ0n) is 11.7. The van der Waals surface area contributed by atoms with Crippen LogP contribution < -0.4 is 0 Å². The second-order valence-electron chi connectivity index (χ2n) is 6.33. The van der Waals surface area contributed by atoms with Crippen LogP contribution in [0.25, 0.3) is 0 Å². The van der Waals surface area contributed by atoms with Crippen LogP contribution in [0.15, 0.2) is 24.3 Å². The Morgan fingerprint density at radius 2 is 1.82 bits per heavy atom. The summed E-state index contributed by atoms with van der Waals surface area (Å²) in [6.07, 6.45) is 4.03. The van der Waals surface area contributed by atoms with Crippen LogP contribution in [-0.4, -0.2) is 18.5 Å². The van der Waals surface area contributed by atoms with Gasteiger partial charge in [-0.25, -0.2) is 0 Å². The van der Waals surface area contributed by atoms with Crippen molar-refractivity contribution in [3.8, 4) is 0 Å². The zero-order chi connectivity index (χ0) is 12.5. The fourth-order valence-corrected chi connectivity index (χ4v) is 2.94. The van der Waals surface area contributed by atoms with Crippen molar-refractivity contribution in [3.63, 3.8) is 0 Å². The summed E-state index contributed by atoms with van der Waals surface area (Å²) < 4.78 is 0. The summed E-state index contributed by atoms with van der Waals surface area (Å²) in [5.74, 6) is 0. The van der Waals surface area contributed by atoms with Gasteiger partial charge in [-0.3, -0.25) is 4.90 Å². The Bertz CT molecular complexity index is 375. The van der Waals surface area contributed by atoms with E-state index in [-0.39, 0.29) is 5.41 Å². The SMILES string of the molecule is CN1CCCCC1c1ccccc1C(C)(C)C. The fraction of sp³-hybridized carbons (Fsp3) is 0.625. The summed E-state index contributed by atoms with van der Waals surface area (Å²) in [6, 6.07) is 9.62. The molecule has 0 aliphatic carbocycles. The summed E-state index contributed by atoms with van der Waals surface area (Å²) in [6.45, 7) is 8.18. The average molecular weight is 231 g/mol. The minimum absolute atomic E-state index is 0.245. The molecule has 1 heterocycles. The molecule has 0 saturated carbocycles. The fourth-order valence-electron chi connectivity index (χ4n) is 2.94. The van der Waals surface area contributed by atoms with Crippen molar-refractivity contribution in [1.82, 2.24) is 4.90 Å². The van der Waals surface area contributed by atoms with Crippen molar-refractivity contribution in [2.24, 2.45) is 0 Å². The largest absolute Gasteiger partial charge is 0.299 e. The molecule has 1 aromatic carbocycles. The van der Waals surface area contributed by atoms with E-state index in [4.69, 9.17) is 0 Å². The van der Waals surface area contributed by atoms with Gasteiger partial charge < -0.3 is 0 Å². The van der Waals surface area contributed by atoms with E-state index in [1.54, 1.807) is 5.56 Å². The molecule has 1 aliphatic rings. The Balaban J connectivity index is 2.37. The highest BCUT2D eigenvalue weighted by atomic mass is 15.1. The first-order valence-corrected chi connectivity index (χ1v) is 6.80. The third-order valence-corrected chi connectivity index (χ3v) is 3.90. The molecule has 0 amide bonds. The van der Waals surface area contributed by atoms with Crippen molar-refractivity contribution < 1.29 is 0 Å². The molecule has 17 heavy (non-hydrogen) atoms. The Morgan fingerprint density at radius 3 is 2.47 bits per heavy atom. The summed E-state index contributed by atoms with van der Waals surface area (Å²) in [5, 5.41) is 0. The molecule has 1 aromatic rings. The highest BCUT2D eigenvalue weighted by Gasteiger charge is 2.26. The molecule has 1 unspecified atom stereocenters. The minimum atomic E-state index is 0.245. The van der Waals surface area contributed by atoms with Gasteiger partial charge in [-0.05, 0) is 43.0 Å². The summed E-state index contributed by atoms with van der Waals surface area (Å²) >= 11 is 0. The van der Waals surface area contributed by atoms with Crippen LogP contribution in [0.4, 0.5) is 0 Å². The van der Waals surface area contributed by atoms with E-state index in [0.717, 1.165) is 0 Å². The second-order valence-corrected chi connectivity index (χ2v) is 6.33. The van der Waals surface area contributed by atoms with Crippen molar-refractivity contribution >= 4 is 0 Å². The molecule has 94 valence electrons. The Kier molecular flexibility index (Phi) is 3.58. The first-order valence-electron chi connectivity index (χ1n) is 6.80. The third kappa shape index (κ3) is 2.71. The smallest absolute Gasteiger partial charge is 0.0348 e. The maximum atomic E-state index is 2.52. The van der Waals surface area contributed by atoms with Gasteiger partial charge in [-0.15, -0.1) is 0 Å². The van der Waals surface area contributed by atoms with Gasteiger partial charge in [-0.2, -0.15) is 0 Å². The van der Waals surface area contributed by atoms with E-state index in [1.807, 2.05) is 0 Å². The molecule has 0 bridgehead atoms. The molecule has 0 N–H and O–H groups in total. The number of nitrogens with zero attached hydrogens (tertiary/aromatic N) is 1. The molecular formula is C16H25N. The molecule has 1 aliphatic heterocycles. The van der Waals surface area contributed by atoms with E-state index in [1.165, 1.54) is 31.4 Å². The van der Waals surface area contributed by atoms with Gasteiger partial charge in [0.1, 0.15) is 0 Å². The molecule has 2 rings (SSSR count). The van der Waals surface area contributed by atoms with E-state index in [2.05, 4.69) is 57.0 Å². The van der Waals surface area contributed by atoms with Gasteiger partial charge in [0.25, 0.3) is 0 Å². The molecule has 1 heteroatoms. The Labute approximate surface area is 106 Å². The zero-order valence-corrected chi connectivity index (χ0v) is 11.7. The average Bonchev–Trinajstić information content (AvgIpc) is 2.28. The van der Waals surface area contributed by atoms with E-state index in [0.29, 0.717) is 6.04 Å². The van der Waals surface area contributed by atoms with E-state index in [9.17, 15) is 0 Å². The van der Waals surface area contributed by atoms with Crippen molar-refractivity contribution in [2.45, 2.75) is 51.5 Å². The number of benzene rings is 1. The monoisotopic (exact) mass is 231 g/mol. The van der Waals surface area contributed by atoms with Crippen LogP contribution in [0.1, 0.15) is 57.2 Å². The van der Waals surface area contributed by atoms with Gasteiger partial charge in [0.05, 0.1) is 0 Å². The van der Waals surface area contributed by atoms with Gasteiger partial charge in [0, 0.05) is 6.04 Å². The lowest BCUT2D eigenvalue weighted by Gasteiger charge is -2.36. The molecule has 1 nitrogen and oxygen atoms in total. The Morgan fingerprint density at radius 1 is 1.12 bits per heavy atom. The van der Waals surface area contributed by atoms with Crippen LogP contribution in [-0.2, 0) is 5.41 Å². The van der Waals surface area contributed by atoms with Crippen molar-refractivity contribution in [2.75, 3.05) is 13.6 Å². The lowest BCUT2D eigenvalue weighted by Crippen LogP contribution is -2.31. The van der Waals surface area contributed by atoms with E-state index >= 15 is 0 Å². The van der Waals surface area contributed by atoms with Crippen LogP contribution in [0, 0.1) is 0 Å². The highest BCUT2D eigenvalue weighted by molar-refractivity contribution is 5.35. The number of rotatable bonds is 1.